The van der Waals surface area contributed by atoms with Crippen molar-refractivity contribution in [2.45, 2.75) is 18.9 Å². The van der Waals surface area contributed by atoms with Crippen molar-refractivity contribution < 1.29 is 18.3 Å². The van der Waals surface area contributed by atoms with Crippen molar-refractivity contribution in [3.63, 3.8) is 0 Å². The van der Waals surface area contributed by atoms with Gasteiger partial charge in [-0.2, -0.15) is 0 Å². The van der Waals surface area contributed by atoms with E-state index in [0.29, 0.717) is 32.2 Å². The van der Waals surface area contributed by atoms with E-state index in [-0.39, 0.29) is 24.4 Å². The monoisotopic (exact) mass is 278 g/mol. The van der Waals surface area contributed by atoms with Gasteiger partial charge in [-0.25, -0.2) is 12.7 Å². The molecule has 1 heterocycles. The third-order valence-electron chi connectivity index (χ3n) is 3.93. The lowest BCUT2D eigenvalue weighted by atomic mass is 10.00. The van der Waals surface area contributed by atoms with Crippen LogP contribution in [0.15, 0.2) is 0 Å². The summed E-state index contributed by atoms with van der Waals surface area (Å²) in [5, 5.41) is 9.77. The molecule has 2 fully saturated rings. The van der Waals surface area contributed by atoms with Gasteiger partial charge in [-0.1, -0.05) is 0 Å². The molecule has 6 nitrogen and oxygen atoms in total. The maximum atomic E-state index is 12.1. The Kier molecular flexibility index (Phi) is 4.60. The average Bonchev–Trinajstić information content (AvgIpc) is 2.88. The number of hydrogen-bond acceptors (Lipinski definition) is 5. The van der Waals surface area contributed by atoms with Crippen LogP contribution in [0.4, 0.5) is 0 Å². The first-order valence-electron chi connectivity index (χ1n) is 6.48. The summed E-state index contributed by atoms with van der Waals surface area (Å²) in [5.74, 6) is 0.465. The summed E-state index contributed by atoms with van der Waals surface area (Å²) in [7, 11) is -3.25. The summed E-state index contributed by atoms with van der Waals surface area (Å²) in [6.07, 6.45) is 1.41. The summed E-state index contributed by atoms with van der Waals surface area (Å²) >= 11 is 0. The van der Waals surface area contributed by atoms with Gasteiger partial charge < -0.3 is 15.6 Å². The minimum Gasteiger partial charge on any atom is -0.393 e. The van der Waals surface area contributed by atoms with Gasteiger partial charge in [-0.3, -0.25) is 0 Å². The maximum absolute atomic E-state index is 12.1. The zero-order valence-electron chi connectivity index (χ0n) is 10.5. The largest absolute Gasteiger partial charge is 0.393 e. The van der Waals surface area contributed by atoms with Crippen molar-refractivity contribution in [2.24, 2.45) is 17.6 Å². The summed E-state index contributed by atoms with van der Waals surface area (Å²) in [4.78, 5) is 0. The minimum atomic E-state index is -3.25. The van der Waals surface area contributed by atoms with E-state index in [1.165, 1.54) is 4.31 Å². The Morgan fingerprint density at radius 1 is 1.28 bits per heavy atom. The lowest BCUT2D eigenvalue weighted by Crippen LogP contribution is -2.34. The molecule has 7 heteroatoms. The van der Waals surface area contributed by atoms with Crippen LogP contribution >= 0.6 is 0 Å². The Hall–Kier alpha value is -0.210. The quantitative estimate of drug-likeness (QED) is 0.608. The highest BCUT2D eigenvalue weighted by atomic mass is 32.2. The van der Waals surface area contributed by atoms with Crippen LogP contribution in [0.2, 0.25) is 0 Å². The number of ether oxygens (including phenoxy) is 1. The molecule has 0 aromatic heterocycles. The molecule has 0 amide bonds. The highest BCUT2D eigenvalue weighted by molar-refractivity contribution is 7.89. The second kappa shape index (κ2) is 5.83. The van der Waals surface area contributed by atoms with Gasteiger partial charge in [0.2, 0.25) is 10.0 Å². The molecule has 0 aromatic carbocycles. The molecule has 0 radical (unpaired) electrons. The van der Waals surface area contributed by atoms with Gasteiger partial charge in [0.15, 0.2) is 0 Å². The van der Waals surface area contributed by atoms with Crippen molar-refractivity contribution in [2.75, 3.05) is 38.6 Å². The summed E-state index contributed by atoms with van der Waals surface area (Å²) in [6.45, 7) is 2.00. The molecule has 1 aliphatic heterocycles. The summed E-state index contributed by atoms with van der Waals surface area (Å²) < 4.78 is 30.8. The minimum absolute atomic E-state index is 0.00252. The summed E-state index contributed by atoms with van der Waals surface area (Å²) in [5.41, 5.74) is 5.27. The highest BCUT2D eigenvalue weighted by Gasteiger charge is 2.45. The van der Waals surface area contributed by atoms with Gasteiger partial charge in [0.05, 0.1) is 25.1 Å². The normalized spacial score (nSPS) is 32.9. The van der Waals surface area contributed by atoms with E-state index >= 15 is 0 Å². The molecule has 3 atom stereocenters. The first kappa shape index (κ1) is 14.2. The lowest BCUT2D eigenvalue weighted by Gasteiger charge is -2.18. The molecule has 18 heavy (non-hydrogen) atoms. The van der Waals surface area contributed by atoms with E-state index in [1.807, 2.05) is 0 Å². The molecule has 1 saturated heterocycles. The first-order valence-corrected chi connectivity index (χ1v) is 8.09. The number of rotatable bonds is 6. The van der Waals surface area contributed by atoms with E-state index in [0.717, 1.165) is 12.8 Å². The Balaban J connectivity index is 1.84. The maximum Gasteiger partial charge on any atom is 0.216 e. The number of nitrogens with zero attached hydrogens (tertiary/aromatic N) is 1. The zero-order valence-corrected chi connectivity index (χ0v) is 11.3. The predicted octanol–water partition coefficient (Wildman–Crippen LogP) is -1.01. The van der Waals surface area contributed by atoms with Crippen molar-refractivity contribution in [3.8, 4) is 0 Å². The number of hydrogen-bond donors (Lipinski definition) is 2. The zero-order chi connectivity index (χ0) is 13.2. The Bertz CT molecular complexity index is 373. The van der Waals surface area contributed by atoms with Crippen LogP contribution in [0.1, 0.15) is 12.8 Å². The number of nitrogens with two attached hydrogens (primary N) is 1. The second-order valence-corrected chi connectivity index (χ2v) is 7.19. The molecule has 2 aliphatic rings. The van der Waals surface area contributed by atoms with E-state index < -0.39 is 10.0 Å². The van der Waals surface area contributed by atoms with Gasteiger partial charge in [0.25, 0.3) is 0 Å². The molecule has 106 valence electrons. The van der Waals surface area contributed by atoms with Crippen molar-refractivity contribution >= 4 is 10.0 Å². The van der Waals surface area contributed by atoms with Gasteiger partial charge in [0, 0.05) is 25.6 Å². The van der Waals surface area contributed by atoms with Crippen molar-refractivity contribution in [1.29, 1.82) is 0 Å². The number of aliphatic hydroxyl groups excluding tert-OH is 1. The Morgan fingerprint density at radius 2 is 2.06 bits per heavy atom. The van der Waals surface area contributed by atoms with E-state index in [2.05, 4.69) is 0 Å². The van der Waals surface area contributed by atoms with Crippen LogP contribution in [0.5, 0.6) is 0 Å². The SMILES string of the molecule is NCCOCCS(=O)(=O)N1CC2CCC(O)C2C1. The Labute approximate surface area is 108 Å². The molecule has 3 unspecified atom stereocenters. The molecule has 0 bridgehead atoms. The van der Waals surface area contributed by atoms with Crippen LogP contribution in [-0.4, -0.2) is 62.5 Å². The van der Waals surface area contributed by atoms with Crippen LogP contribution in [0.3, 0.4) is 0 Å². The molecule has 2 rings (SSSR count). The lowest BCUT2D eigenvalue weighted by molar-refractivity contribution is 0.129. The van der Waals surface area contributed by atoms with Crippen LogP contribution in [0.25, 0.3) is 0 Å². The van der Waals surface area contributed by atoms with Crippen LogP contribution in [-0.2, 0) is 14.8 Å². The predicted molar refractivity (Wildman–Crippen MR) is 67.5 cm³/mol. The highest BCUT2D eigenvalue weighted by Crippen LogP contribution is 2.39. The third kappa shape index (κ3) is 3.03. The fraction of sp³-hybridized carbons (Fsp3) is 1.00. The molecule has 0 spiro atoms. The second-order valence-electron chi connectivity index (χ2n) is 5.10. The number of aliphatic hydroxyl groups is 1. The standard InChI is InChI=1S/C11H22N2O4S/c12-3-4-17-5-6-18(15,16)13-7-9-1-2-11(14)10(9)8-13/h9-11,14H,1-8,12H2. The van der Waals surface area contributed by atoms with E-state index in [9.17, 15) is 13.5 Å². The first-order chi connectivity index (χ1) is 8.54. The molecule has 1 aliphatic carbocycles. The van der Waals surface area contributed by atoms with Gasteiger partial charge in [-0.05, 0) is 18.8 Å². The summed E-state index contributed by atoms with van der Waals surface area (Å²) in [6, 6.07) is 0. The fourth-order valence-corrected chi connectivity index (χ4v) is 4.31. The van der Waals surface area contributed by atoms with Crippen molar-refractivity contribution in [1.82, 2.24) is 4.31 Å². The van der Waals surface area contributed by atoms with E-state index in [1.54, 1.807) is 0 Å². The van der Waals surface area contributed by atoms with Gasteiger partial charge in [0.1, 0.15) is 0 Å². The molecular weight excluding hydrogens is 256 g/mol. The number of sulfonamides is 1. The number of fused-ring (bicyclic) bond motifs is 1. The smallest absolute Gasteiger partial charge is 0.216 e. The van der Waals surface area contributed by atoms with E-state index in [4.69, 9.17) is 10.5 Å². The molecular formula is C11H22N2O4S. The van der Waals surface area contributed by atoms with Crippen LogP contribution in [0, 0.1) is 11.8 Å². The molecule has 0 aromatic rings. The topological polar surface area (TPSA) is 92.9 Å². The fourth-order valence-electron chi connectivity index (χ4n) is 2.90. The molecule has 3 N–H and O–H groups in total. The average molecular weight is 278 g/mol. The van der Waals surface area contributed by atoms with Crippen molar-refractivity contribution in [3.05, 3.63) is 0 Å². The van der Waals surface area contributed by atoms with Gasteiger partial charge in [-0.15, -0.1) is 0 Å². The van der Waals surface area contributed by atoms with Gasteiger partial charge >= 0.3 is 0 Å². The Morgan fingerprint density at radius 3 is 2.72 bits per heavy atom. The molecule has 1 saturated carbocycles. The third-order valence-corrected chi connectivity index (χ3v) is 5.69. The van der Waals surface area contributed by atoms with Crippen LogP contribution < -0.4 is 5.73 Å².